The van der Waals surface area contributed by atoms with Crippen molar-refractivity contribution < 1.29 is 14.4 Å². The lowest BCUT2D eigenvalue weighted by molar-refractivity contribution is -0.117. The Hall–Kier alpha value is -1.82. The summed E-state index contributed by atoms with van der Waals surface area (Å²) in [5.41, 5.74) is 1.38. The summed E-state index contributed by atoms with van der Waals surface area (Å²) in [7, 11) is 0. The second-order valence-electron chi connectivity index (χ2n) is 6.05. The Morgan fingerprint density at radius 1 is 1.30 bits per heavy atom. The molecule has 5 nitrogen and oxygen atoms in total. The summed E-state index contributed by atoms with van der Waals surface area (Å²) in [5, 5.41) is 2.92. The van der Waals surface area contributed by atoms with Crippen molar-refractivity contribution >= 4 is 34.4 Å². The Labute approximate surface area is 140 Å². The number of amides is 2. The van der Waals surface area contributed by atoms with Crippen molar-refractivity contribution in [3.8, 4) is 0 Å². The average molecular weight is 334 g/mol. The standard InChI is InChI=1S/C17H22N2O3S/c1-11(2)18-17(22)14-4-6-15(7-5-14)19-9-13(8-16(19)21)10-23-12(3)20/h4-7,11,13H,8-10H2,1-3H3,(H,18,22). The third-order valence-corrected chi connectivity index (χ3v) is 4.63. The summed E-state index contributed by atoms with van der Waals surface area (Å²) in [6.07, 6.45) is 0.468. The summed E-state index contributed by atoms with van der Waals surface area (Å²) in [4.78, 5) is 36.8. The molecule has 124 valence electrons. The summed E-state index contributed by atoms with van der Waals surface area (Å²) in [6, 6.07) is 7.15. The molecule has 1 aromatic carbocycles. The molecule has 1 aliphatic heterocycles. The van der Waals surface area contributed by atoms with E-state index >= 15 is 0 Å². The fourth-order valence-corrected chi connectivity index (χ4v) is 3.21. The number of carbonyl (C=O) groups is 3. The van der Waals surface area contributed by atoms with Crippen molar-refractivity contribution in [2.45, 2.75) is 33.2 Å². The molecule has 23 heavy (non-hydrogen) atoms. The van der Waals surface area contributed by atoms with Crippen LogP contribution in [0, 0.1) is 5.92 Å². The van der Waals surface area contributed by atoms with Crippen LogP contribution in [-0.2, 0) is 9.59 Å². The Morgan fingerprint density at radius 2 is 1.96 bits per heavy atom. The molecule has 0 radical (unpaired) electrons. The molecule has 2 amide bonds. The zero-order valence-corrected chi connectivity index (χ0v) is 14.5. The maximum absolute atomic E-state index is 12.1. The third kappa shape index (κ3) is 4.82. The fourth-order valence-electron chi connectivity index (χ4n) is 2.52. The maximum Gasteiger partial charge on any atom is 0.251 e. The topological polar surface area (TPSA) is 66.5 Å². The van der Waals surface area contributed by atoms with E-state index in [-0.39, 0.29) is 28.9 Å². The van der Waals surface area contributed by atoms with Crippen molar-refractivity contribution in [2.75, 3.05) is 17.2 Å². The summed E-state index contributed by atoms with van der Waals surface area (Å²) in [5.74, 6) is 0.820. The van der Waals surface area contributed by atoms with E-state index in [1.54, 1.807) is 36.1 Å². The van der Waals surface area contributed by atoms with Gasteiger partial charge in [-0.3, -0.25) is 14.4 Å². The Kier molecular flexibility index (Phi) is 5.82. The monoisotopic (exact) mass is 334 g/mol. The van der Waals surface area contributed by atoms with Crippen LogP contribution in [0.15, 0.2) is 24.3 Å². The molecule has 0 aromatic heterocycles. The highest BCUT2D eigenvalue weighted by atomic mass is 32.2. The van der Waals surface area contributed by atoms with Crippen LogP contribution >= 0.6 is 11.8 Å². The number of benzene rings is 1. The van der Waals surface area contributed by atoms with Crippen LogP contribution in [0.3, 0.4) is 0 Å². The summed E-state index contributed by atoms with van der Waals surface area (Å²) in [6.45, 7) is 5.99. The van der Waals surface area contributed by atoms with Crippen LogP contribution in [-0.4, -0.2) is 35.3 Å². The van der Waals surface area contributed by atoms with E-state index in [2.05, 4.69) is 5.32 Å². The molecule has 6 heteroatoms. The molecular formula is C17H22N2O3S. The van der Waals surface area contributed by atoms with Gasteiger partial charge in [-0.2, -0.15) is 0 Å². The highest BCUT2D eigenvalue weighted by Gasteiger charge is 2.30. The van der Waals surface area contributed by atoms with Gasteiger partial charge in [-0.25, -0.2) is 0 Å². The predicted molar refractivity (Wildman–Crippen MR) is 92.6 cm³/mol. The minimum atomic E-state index is -0.116. The first-order chi connectivity index (χ1) is 10.9. The molecule has 1 N–H and O–H groups in total. The Bertz CT molecular complexity index is 598. The van der Waals surface area contributed by atoms with Crippen LogP contribution in [0.5, 0.6) is 0 Å². The second kappa shape index (κ2) is 7.64. The molecule has 1 aliphatic rings. The van der Waals surface area contributed by atoms with Crippen LogP contribution < -0.4 is 10.2 Å². The van der Waals surface area contributed by atoms with Gasteiger partial charge in [0.05, 0.1) is 0 Å². The number of anilines is 1. The molecule has 2 rings (SSSR count). The number of hydrogen-bond acceptors (Lipinski definition) is 4. The molecule has 1 heterocycles. The first-order valence-electron chi connectivity index (χ1n) is 7.71. The number of nitrogens with zero attached hydrogens (tertiary/aromatic N) is 1. The van der Waals surface area contributed by atoms with E-state index in [0.29, 0.717) is 24.3 Å². The van der Waals surface area contributed by atoms with E-state index in [0.717, 1.165) is 5.69 Å². The smallest absolute Gasteiger partial charge is 0.251 e. The number of thioether (sulfide) groups is 1. The van der Waals surface area contributed by atoms with Crippen molar-refractivity contribution in [1.82, 2.24) is 5.32 Å². The Morgan fingerprint density at radius 3 is 2.52 bits per heavy atom. The minimum absolute atomic E-state index is 0.0681. The van der Waals surface area contributed by atoms with Crippen molar-refractivity contribution in [3.63, 3.8) is 0 Å². The first-order valence-corrected chi connectivity index (χ1v) is 8.70. The van der Waals surface area contributed by atoms with E-state index in [1.807, 2.05) is 13.8 Å². The normalized spacial score (nSPS) is 17.7. The number of rotatable bonds is 5. The lowest BCUT2D eigenvalue weighted by Crippen LogP contribution is -2.30. The van der Waals surface area contributed by atoms with Crippen LogP contribution in [0.4, 0.5) is 5.69 Å². The zero-order valence-electron chi connectivity index (χ0n) is 13.7. The first kappa shape index (κ1) is 17.5. The summed E-state index contributed by atoms with van der Waals surface area (Å²) >= 11 is 1.27. The lowest BCUT2D eigenvalue weighted by atomic mass is 10.1. The van der Waals surface area contributed by atoms with E-state index in [4.69, 9.17) is 0 Å². The van der Waals surface area contributed by atoms with Gasteiger partial charge in [0.25, 0.3) is 5.91 Å². The summed E-state index contributed by atoms with van der Waals surface area (Å²) < 4.78 is 0. The molecule has 1 saturated heterocycles. The van der Waals surface area contributed by atoms with Crippen LogP contribution in [0.1, 0.15) is 37.6 Å². The van der Waals surface area contributed by atoms with Crippen molar-refractivity contribution in [2.24, 2.45) is 5.92 Å². The molecule has 0 aliphatic carbocycles. The molecule has 1 fully saturated rings. The number of carbonyl (C=O) groups excluding carboxylic acids is 3. The van der Waals surface area contributed by atoms with Gasteiger partial charge in [0.1, 0.15) is 0 Å². The highest BCUT2D eigenvalue weighted by molar-refractivity contribution is 8.13. The highest BCUT2D eigenvalue weighted by Crippen LogP contribution is 2.27. The quantitative estimate of drug-likeness (QED) is 0.898. The second-order valence-corrected chi connectivity index (χ2v) is 7.25. The van der Waals surface area contributed by atoms with Gasteiger partial charge in [-0.1, -0.05) is 11.8 Å². The molecule has 1 aromatic rings. The number of nitrogens with one attached hydrogen (secondary N) is 1. The predicted octanol–water partition coefficient (Wildman–Crippen LogP) is 2.46. The average Bonchev–Trinajstić information content (AvgIpc) is 2.85. The third-order valence-electron chi connectivity index (χ3n) is 3.59. The van der Waals surface area contributed by atoms with Gasteiger partial charge in [0.2, 0.25) is 5.91 Å². The van der Waals surface area contributed by atoms with Gasteiger partial charge >= 0.3 is 0 Å². The molecule has 1 unspecified atom stereocenters. The van der Waals surface area contributed by atoms with E-state index < -0.39 is 0 Å². The molecule has 0 saturated carbocycles. The fraction of sp³-hybridized carbons (Fsp3) is 0.471. The van der Waals surface area contributed by atoms with Crippen LogP contribution in [0.2, 0.25) is 0 Å². The minimum Gasteiger partial charge on any atom is -0.350 e. The maximum atomic E-state index is 12.1. The van der Waals surface area contributed by atoms with Crippen molar-refractivity contribution in [3.05, 3.63) is 29.8 Å². The van der Waals surface area contributed by atoms with Gasteiger partial charge in [-0.15, -0.1) is 0 Å². The lowest BCUT2D eigenvalue weighted by Gasteiger charge is -2.17. The van der Waals surface area contributed by atoms with Crippen molar-refractivity contribution in [1.29, 1.82) is 0 Å². The van der Waals surface area contributed by atoms with Gasteiger partial charge in [0, 0.05) is 42.9 Å². The number of hydrogen-bond donors (Lipinski definition) is 1. The van der Waals surface area contributed by atoms with E-state index in [1.165, 1.54) is 11.8 Å². The molecular weight excluding hydrogens is 312 g/mol. The van der Waals surface area contributed by atoms with Crippen LogP contribution in [0.25, 0.3) is 0 Å². The van der Waals surface area contributed by atoms with Gasteiger partial charge in [-0.05, 0) is 44.0 Å². The zero-order chi connectivity index (χ0) is 17.0. The molecule has 0 bridgehead atoms. The molecule has 1 atom stereocenters. The SMILES string of the molecule is CC(=O)SCC1CC(=O)N(c2ccc(C(=O)NC(C)C)cc2)C1. The van der Waals surface area contributed by atoms with Gasteiger partial charge < -0.3 is 10.2 Å². The largest absolute Gasteiger partial charge is 0.350 e. The molecule has 0 spiro atoms. The van der Waals surface area contributed by atoms with E-state index in [9.17, 15) is 14.4 Å². The Balaban J connectivity index is 2.00. The van der Waals surface area contributed by atoms with Gasteiger partial charge in [0.15, 0.2) is 5.12 Å².